The summed E-state index contributed by atoms with van der Waals surface area (Å²) in [6.07, 6.45) is 0. The molecule has 1 radical (unpaired) electrons. The zero-order valence-electron chi connectivity index (χ0n) is 6.16. The van der Waals surface area contributed by atoms with E-state index >= 15 is 0 Å². The Balaban J connectivity index is 0.000000810. The second-order valence-electron chi connectivity index (χ2n) is 1.67. The van der Waals surface area contributed by atoms with E-state index in [2.05, 4.69) is 0 Å². The predicted molar refractivity (Wildman–Crippen MR) is 40.4 cm³/mol. The van der Waals surface area contributed by atoms with Crippen LogP contribution >= 0.6 is 0 Å². The predicted octanol–water partition coefficient (Wildman–Crippen LogP) is 1.02. The Morgan fingerprint density at radius 1 is 1.30 bits per heavy atom. The summed E-state index contributed by atoms with van der Waals surface area (Å²) in [6.45, 7) is 0. The topological polar surface area (TPSA) is 29.5 Å². The first-order valence-electron chi connectivity index (χ1n) is 2.66. The Morgan fingerprint density at radius 2 is 1.90 bits per heavy atom. The Kier molecular flexibility index (Phi) is 5.39. The second-order valence-corrected chi connectivity index (χ2v) is 1.67. The Morgan fingerprint density at radius 3 is 2.30 bits per heavy atom. The van der Waals surface area contributed by atoms with Crippen LogP contribution in [0.15, 0.2) is 24.3 Å². The first kappa shape index (κ1) is 10.5. The molecule has 0 aliphatic rings. The molecule has 0 saturated carbocycles. The van der Waals surface area contributed by atoms with Crippen LogP contribution in [-0.4, -0.2) is 63.6 Å². The van der Waals surface area contributed by atoms with E-state index in [4.69, 9.17) is 9.84 Å². The Bertz CT molecular complexity index is 201. The van der Waals surface area contributed by atoms with Gasteiger partial charge in [0.1, 0.15) is 0 Å². The van der Waals surface area contributed by atoms with Gasteiger partial charge in [0.2, 0.25) is 0 Å². The van der Waals surface area contributed by atoms with Gasteiger partial charge in [0.15, 0.2) is 11.5 Å². The van der Waals surface area contributed by atoms with Crippen LogP contribution in [0.3, 0.4) is 0 Å². The number of aromatic hydroxyl groups is 1. The average Bonchev–Trinajstić information content (AvgIpc) is 1.89. The van der Waals surface area contributed by atoms with Crippen molar-refractivity contribution in [3.63, 3.8) is 0 Å². The van der Waals surface area contributed by atoms with E-state index in [9.17, 15) is 0 Å². The summed E-state index contributed by atoms with van der Waals surface area (Å²) >= 11 is 0. The number of hydrogen-bond acceptors (Lipinski definition) is 2. The molecule has 0 aromatic heterocycles. The maximum atomic E-state index is 8.99. The maximum absolute atomic E-state index is 8.99. The zero-order chi connectivity index (χ0) is 6.69. The molecule has 1 N–H and O–H groups in total. The molecule has 10 heavy (non-hydrogen) atoms. The van der Waals surface area contributed by atoms with Gasteiger partial charge < -0.3 is 9.84 Å². The van der Waals surface area contributed by atoms with Crippen molar-refractivity contribution in [2.24, 2.45) is 0 Å². The summed E-state index contributed by atoms with van der Waals surface area (Å²) in [7, 11) is 1.52. The molecule has 0 saturated heterocycles. The molecular weight excluding hydrogens is 155 g/mol. The molecule has 0 fully saturated rings. The SMILES string of the molecule is COc1ccccc1O.[K]. The van der Waals surface area contributed by atoms with Gasteiger partial charge >= 0.3 is 0 Å². The number of hydrogen-bond donors (Lipinski definition) is 1. The molecule has 1 rings (SSSR count). The molecule has 0 amide bonds. The van der Waals surface area contributed by atoms with Crippen molar-refractivity contribution in [3.8, 4) is 11.5 Å². The first-order valence-corrected chi connectivity index (χ1v) is 2.66. The van der Waals surface area contributed by atoms with Gasteiger partial charge in [0.25, 0.3) is 0 Å². The molecule has 0 heterocycles. The second kappa shape index (κ2) is 5.15. The molecule has 2 nitrogen and oxygen atoms in total. The first-order chi connectivity index (χ1) is 4.34. The number of para-hydroxylation sites is 2. The van der Waals surface area contributed by atoms with E-state index < -0.39 is 0 Å². The number of methoxy groups -OCH3 is 1. The monoisotopic (exact) mass is 163 g/mol. The van der Waals surface area contributed by atoms with Crippen LogP contribution in [0, 0.1) is 0 Å². The fourth-order valence-electron chi connectivity index (χ4n) is 0.630. The van der Waals surface area contributed by atoms with Crippen LogP contribution in [0.5, 0.6) is 11.5 Å². The van der Waals surface area contributed by atoms with Gasteiger partial charge in [-0.1, -0.05) is 12.1 Å². The van der Waals surface area contributed by atoms with Gasteiger partial charge in [-0.3, -0.25) is 0 Å². The van der Waals surface area contributed by atoms with Gasteiger partial charge in [-0.25, -0.2) is 0 Å². The molecule has 0 atom stereocenters. The third-order valence-electron chi connectivity index (χ3n) is 1.09. The summed E-state index contributed by atoms with van der Waals surface area (Å²) in [6, 6.07) is 6.84. The minimum absolute atomic E-state index is 0. The van der Waals surface area contributed by atoms with Gasteiger partial charge in [-0.15, -0.1) is 0 Å². The molecule has 0 aliphatic heterocycles. The largest absolute Gasteiger partial charge is 0.504 e. The van der Waals surface area contributed by atoms with Gasteiger partial charge in [-0.2, -0.15) is 0 Å². The van der Waals surface area contributed by atoms with Crippen LogP contribution < -0.4 is 4.74 Å². The minimum Gasteiger partial charge on any atom is -0.504 e. The van der Waals surface area contributed by atoms with Crippen LogP contribution in [0.25, 0.3) is 0 Å². The smallest absolute Gasteiger partial charge is 0.160 e. The van der Waals surface area contributed by atoms with Crippen molar-refractivity contribution >= 4 is 51.4 Å². The molecule has 0 bridgehead atoms. The fourth-order valence-corrected chi connectivity index (χ4v) is 0.630. The average molecular weight is 163 g/mol. The third-order valence-corrected chi connectivity index (χ3v) is 1.09. The summed E-state index contributed by atoms with van der Waals surface area (Å²) < 4.78 is 4.79. The van der Waals surface area contributed by atoms with Crippen molar-refractivity contribution in [2.45, 2.75) is 0 Å². The van der Waals surface area contributed by atoms with E-state index in [1.54, 1.807) is 24.3 Å². The molecular formula is C7H8KO2. The molecule has 1 aromatic carbocycles. The van der Waals surface area contributed by atoms with E-state index in [0.29, 0.717) is 5.75 Å². The number of rotatable bonds is 1. The van der Waals surface area contributed by atoms with Crippen molar-refractivity contribution < 1.29 is 9.84 Å². The standard InChI is InChI=1S/C7H8O2.K/c1-9-7-5-3-2-4-6(7)8;/h2-5,8H,1H3;. The van der Waals surface area contributed by atoms with Gasteiger partial charge in [-0.05, 0) is 12.1 Å². The third kappa shape index (κ3) is 2.60. The molecule has 0 aliphatic carbocycles. The van der Waals surface area contributed by atoms with Crippen molar-refractivity contribution in [1.82, 2.24) is 0 Å². The van der Waals surface area contributed by atoms with E-state index in [1.165, 1.54) is 7.11 Å². The van der Waals surface area contributed by atoms with Gasteiger partial charge in [0.05, 0.1) is 7.11 Å². The summed E-state index contributed by atoms with van der Waals surface area (Å²) in [5, 5.41) is 8.99. The molecule has 1 aromatic rings. The quantitative estimate of drug-likeness (QED) is 0.626. The summed E-state index contributed by atoms with van der Waals surface area (Å²) in [5.74, 6) is 0.692. The minimum atomic E-state index is 0. The van der Waals surface area contributed by atoms with Crippen molar-refractivity contribution in [2.75, 3.05) is 7.11 Å². The van der Waals surface area contributed by atoms with Gasteiger partial charge in [0, 0.05) is 51.4 Å². The van der Waals surface area contributed by atoms with Crippen LogP contribution in [0.2, 0.25) is 0 Å². The molecule has 0 spiro atoms. The van der Waals surface area contributed by atoms with Crippen LogP contribution in [0.1, 0.15) is 0 Å². The number of phenolic OH excluding ortho intramolecular Hbond substituents is 1. The van der Waals surface area contributed by atoms with Crippen molar-refractivity contribution in [3.05, 3.63) is 24.3 Å². The molecule has 49 valence electrons. The number of benzene rings is 1. The normalized spacial score (nSPS) is 8.10. The summed E-state index contributed by atoms with van der Waals surface area (Å²) in [4.78, 5) is 0. The maximum Gasteiger partial charge on any atom is 0.160 e. The zero-order valence-corrected chi connectivity index (χ0v) is 9.29. The molecule has 0 unspecified atom stereocenters. The fraction of sp³-hybridized carbons (Fsp3) is 0.143. The number of ether oxygens (including phenoxy) is 1. The van der Waals surface area contributed by atoms with E-state index in [0.717, 1.165) is 0 Å². The summed E-state index contributed by atoms with van der Waals surface area (Å²) in [5.41, 5.74) is 0. The Hall–Kier alpha value is 0.456. The van der Waals surface area contributed by atoms with E-state index in [1.807, 2.05) is 0 Å². The van der Waals surface area contributed by atoms with E-state index in [-0.39, 0.29) is 57.1 Å². The molecule has 3 heteroatoms. The van der Waals surface area contributed by atoms with Crippen LogP contribution in [-0.2, 0) is 0 Å². The van der Waals surface area contributed by atoms with Crippen LogP contribution in [0.4, 0.5) is 0 Å². The number of phenols is 1. The Labute approximate surface area is 103 Å². The van der Waals surface area contributed by atoms with Crippen molar-refractivity contribution in [1.29, 1.82) is 0 Å².